The second-order valence-corrected chi connectivity index (χ2v) is 4.82. The van der Waals surface area contributed by atoms with Crippen LogP contribution in [0.4, 0.5) is 10.1 Å². The highest BCUT2D eigenvalue weighted by Gasteiger charge is 2.28. The van der Waals surface area contributed by atoms with Gasteiger partial charge in [0.05, 0.1) is 19.3 Å². The normalized spacial score (nSPS) is 13.6. The fourth-order valence-corrected chi connectivity index (χ4v) is 2.14. The van der Waals surface area contributed by atoms with Crippen LogP contribution in [0.15, 0.2) is 48.5 Å². The van der Waals surface area contributed by atoms with Crippen LogP contribution in [0.25, 0.3) is 0 Å². The van der Waals surface area contributed by atoms with Gasteiger partial charge in [-0.1, -0.05) is 18.2 Å². The molecule has 0 aromatic heterocycles. The van der Waals surface area contributed by atoms with Crippen molar-refractivity contribution in [3.63, 3.8) is 0 Å². The highest BCUT2D eigenvalue weighted by Crippen LogP contribution is 2.32. The van der Waals surface area contributed by atoms with Crippen molar-refractivity contribution in [3.05, 3.63) is 59.9 Å². The van der Waals surface area contributed by atoms with E-state index in [1.807, 2.05) is 31.2 Å². The summed E-state index contributed by atoms with van der Waals surface area (Å²) in [6.45, 7) is 1.75. The molecule has 2 aromatic rings. The fraction of sp³-hybridized carbons (Fsp3) is 0.250. The first kappa shape index (κ1) is 14.3. The molecule has 2 rings (SSSR count). The molecule has 3 nitrogen and oxygen atoms in total. The number of aliphatic hydroxyl groups is 1. The van der Waals surface area contributed by atoms with Crippen LogP contribution in [0.5, 0.6) is 5.75 Å². The Morgan fingerprint density at radius 3 is 2.40 bits per heavy atom. The average Bonchev–Trinajstić information content (AvgIpc) is 2.49. The predicted molar refractivity (Wildman–Crippen MR) is 77.5 cm³/mol. The van der Waals surface area contributed by atoms with Crippen LogP contribution < -0.4 is 10.1 Å². The van der Waals surface area contributed by atoms with Crippen LogP contribution >= 0.6 is 0 Å². The maximum absolute atomic E-state index is 12.9. The van der Waals surface area contributed by atoms with Crippen molar-refractivity contribution in [1.82, 2.24) is 0 Å². The Kier molecular flexibility index (Phi) is 4.25. The van der Waals surface area contributed by atoms with E-state index in [0.717, 1.165) is 11.3 Å². The molecule has 0 amide bonds. The van der Waals surface area contributed by atoms with Gasteiger partial charge in [-0.2, -0.15) is 0 Å². The van der Waals surface area contributed by atoms with Gasteiger partial charge in [0.15, 0.2) is 0 Å². The van der Waals surface area contributed by atoms with E-state index in [1.165, 1.54) is 12.1 Å². The number of nitrogens with one attached hydrogen (secondary N) is 1. The van der Waals surface area contributed by atoms with Crippen LogP contribution in [-0.2, 0) is 5.54 Å². The van der Waals surface area contributed by atoms with E-state index in [1.54, 1.807) is 19.2 Å². The van der Waals surface area contributed by atoms with E-state index < -0.39 is 5.54 Å². The van der Waals surface area contributed by atoms with Gasteiger partial charge in [-0.3, -0.25) is 0 Å². The summed E-state index contributed by atoms with van der Waals surface area (Å²) in [5.74, 6) is 0.400. The molecule has 0 aliphatic heterocycles. The molecule has 0 aliphatic carbocycles. The van der Waals surface area contributed by atoms with Crippen LogP contribution in [0.3, 0.4) is 0 Å². The first-order valence-corrected chi connectivity index (χ1v) is 6.37. The fourth-order valence-electron chi connectivity index (χ4n) is 2.14. The molecule has 0 fully saturated rings. The number of hydrogen-bond donors (Lipinski definition) is 2. The Balaban J connectivity index is 2.35. The van der Waals surface area contributed by atoms with E-state index in [9.17, 15) is 9.50 Å². The molecule has 20 heavy (non-hydrogen) atoms. The van der Waals surface area contributed by atoms with Crippen LogP contribution in [0.1, 0.15) is 12.5 Å². The number of rotatable bonds is 5. The van der Waals surface area contributed by atoms with Gasteiger partial charge in [-0.05, 0) is 37.3 Å². The summed E-state index contributed by atoms with van der Waals surface area (Å²) in [5, 5.41) is 13.0. The van der Waals surface area contributed by atoms with Crippen molar-refractivity contribution in [1.29, 1.82) is 0 Å². The molecule has 2 N–H and O–H groups in total. The zero-order chi connectivity index (χ0) is 14.6. The number of ether oxygens (including phenoxy) is 1. The number of aliphatic hydroxyl groups excluding tert-OH is 1. The molecule has 0 bridgehead atoms. The molecule has 4 heteroatoms. The van der Waals surface area contributed by atoms with Crippen molar-refractivity contribution in [3.8, 4) is 5.75 Å². The Morgan fingerprint density at radius 1 is 1.15 bits per heavy atom. The number of methoxy groups -OCH3 is 1. The van der Waals surface area contributed by atoms with Gasteiger partial charge in [0.25, 0.3) is 0 Å². The van der Waals surface area contributed by atoms with Crippen molar-refractivity contribution in [2.75, 3.05) is 19.0 Å². The molecule has 106 valence electrons. The monoisotopic (exact) mass is 275 g/mol. The summed E-state index contributed by atoms with van der Waals surface area (Å²) in [4.78, 5) is 0. The summed E-state index contributed by atoms with van der Waals surface area (Å²) < 4.78 is 18.3. The maximum atomic E-state index is 12.9. The van der Waals surface area contributed by atoms with Gasteiger partial charge < -0.3 is 15.2 Å². The van der Waals surface area contributed by atoms with Crippen LogP contribution in [0.2, 0.25) is 0 Å². The minimum absolute atomic E-state index is 0.120. The van der Waals surface area contributed by atoms with E-state index in [2.05, 4.69) is 5.32 Å². The third kappa shape index (κ3) is 2.91. The Hall–Kier alpha value is -2.07. The van der Waals surface area contributed by atoms with E-state index in [-0.39, 0.29) is 12.4 Å². The molecule has 2 aromatic carbocycles. The number of halogens is 1. The van der Waals surface area contributed by atoms with Gasteiger partial charge in [-0.15, -0.1) is 0 Å². The molecule has 1 unspecified atom stereocenters. The second-order valence-electron chi connectivity index (χ2n) is 4.82. The Bertz CT molecular complexity index is 571. The third-order valence-corrected chi connectivity index (χ3v) is 3.28. The SMILES string of the molecule is COc1ccccc1C(C)(CO)Nc1ccc(F)cc1. The number of para-hydroxylation sites is 1. The molecule has 0 aliphatic rings. The van der Waals surface area contributed by atoms with E-state index in [0.29, 0.717) is 5.75 Å². The lowest BCUT2D eigenvalue weighted by atomic mass is 9.91. The van der Waals surface area contributed by atoms with Crippen molar-refractivity contribution >= 4 is 5.69 Å². The van der Waals surface area contributed by atoms with Crippen LogP contribution in [-0.4, -0.2) is 18.8 Å². The standard InChI is InChI=1S/C16H18FNO2/c1-16(11-19,14-5-3-4-6-15(14)20-2)18-13-9-7-12(17)8-10-13/h3-10,18-19H,11H2,1-2H3. The Morgan fingerprint density at radius 2 is 1.80 bits per heavy atom. The van der Waals surface area contributed by atoms with Crippen LogP contribution in [0, 0.1) is 5.82 Å². The molecule has 0 spiro atoms. The largest absolute Gasteiger partial charge is 0.496 e. The lowest BCUT2D eigenvalue weighted by Gasteiger charge is -2.31. The minimum atomic E-state index is -0.718. The number of anilines is 1. The summed E-state index contributed by atoms with van der Waals surface area (Å²) in [7, 11) is 1.59. The predicted octanol–water partition coefficient (Wildman–Crippen LogP) is 3.15. The van der Waals surface area contributed by atoms with Gasteiger partial charge >= 0.3 is 0 Å². The molecule has 0 heterocycles. The minimum Gasteiger partial charge on any atom is -0.496 e. The summed E-state index contributed by atoms with van der Waals surface area (Å²) >= 11 is 0. The zero-order valence-corrected chi connectivity index (χ0v) is 11.6. The smallest absolute Gasteiger partial charge is 0.124 e. The number of hydrogen-bond acceptors (Lipinski definition) is 3. The zero-order valence-electron chi connectivity index (χ0n) is 11.6. The summed E-state index contributed by atoms with van der Waals surface area (Å²) in [6, 6.07) is 13.5. The highest BCUT2D eigenvalue weighted by atomic mass is 19.1. The molecule has 0 saturated heterocycles. The second kappa shape index (κ2) is 5.92. The first-order chi connectivity index (χ1) is 9.59. The summed E-state index contributed by atoms with van der Waals surface area (Å²) in [5.41, 5.74) is 0.855. The van der Waals surface area contributed by atoms with Crippen molar-refractivity contribution in [2.24, 2.45) is 0 Å². The molecule has 1 atom stereocenters. The van der Waals surface area contributed by atoms with Gasteiger partial charge in [0.2, 0.25) is 0 Å². The third-order valence-electron chi connectivity index (χ3n) is 3.28. The molecule has 0 radical (unpaired) electrons. The topological polar surface area (TPSA) is 41.5 Å². The maximum Gasteiger partial charge on any atom is 0.124 e. The van der Waals surface area contributed by atoms with Gasteiger partial charge in [0, 0.05) is 11.3 Å². The average molecular weight is 275 g/mol. The lowest BCUT2D eigenvalue weighted by molar-refractivity contribution is 0.220. The van der Waals surface area contributed by atoms with Crippen molar-refractivity contribution < 1.29 is 14.2 Å². The lowest BCUT2D eigenvalue weighted by Crippen LogP contribution is -2.36. The van der Waals surface area contributed by atoms with Gasteiger partial charge in [0.1, 0.15) is 11.6 Å². The number of benzene rings is 2. The Labute approximate surface area is 118 Å². The first-order valence-electron chi connectivity index (χ1n) is 6.37. The van der Waals surface area contributed by atoms with E-state index in [4.69, 9.17) is 4.74 Å². The molecular weight excluding hydrogens is 257 g/mol. The summed E-state index contributed by atoms with van der Waals surface area (Å²) in [6.07, 6.45) is 0. The quantitative estimate of drug-likeness (QED) is 0.880. The van der Waals surface area contributed by atoms with E-state index >= 15 is 0 Å². The molecular formula is C16H18FNO2. The van der Waals surface area contributed by atoms with Crippen molar-refractivity contribution in [2.45, 2.75) is 12.5 Å². The highest BCUT2D eigenvalue weighted by molar-refractivity contribution is 5.50. The van der Waals surface area contributed by atoms with Gasteiger partial charge in [-0.25, -0.2) is 4.39 Å². The molecule has 0 saturated carbocycles.